The van der Waals surface area contributed by atoms with Crippen LogP contribution in [-0.4, -0.2) is 41.8 Å². The van der Waals surface area contributed by atoms with Crippen LogP contribution in [0.3, 0.4) is 0 Å². The van der Waals surface area contributed by atoms with E-state index in [2.05, 4.69) is 22.7 Å². The van der Waals surface area contributed by atoms with Crippen LogP contribution in [0.5, 0.6) is 0 Å². The van der Waals surface area contributed by atoms with Crippen LogP contribution in [0.15, 0.2) is 4.99 Å². The Morgan fingerprint density at radius 2 is 2.28 bits per heavy atom. The highest BCUT2D eigenvalue weighted by molar-refractivity contribution is 6.04. The van der Waals surface area contributed by atoms with E-state index in [1.54, 1.807) is 4.90 Å². The van der Waals surface area contributed by atoms with Crippen LogP contribution in [0.25, 0.3) is 0 Å². The van der Waals surface area contributed by atoms with E-state index in [4.69, 9.17) is 5.84 Å². The number of imide groups is 1. The van der Waals surface area contributed by atoms with Gasteiger partial charge in [-0.05, 0) is 12.8 Å². The predicted octanol–water partition coefficient (Wildman–Crippen LogP) is -0.657. The summed E-state index contributed by atoms with van der Waals surface area (Å²) in [6.45, 7) is 4.67. The average Bonchev–Trinajstić information content (AvgIpc) is 2.34. The number of nitrogens with one attached hydrogen (secondary N) is 2. The SMILES string of the molecule is CCCCN=C(NN)N1CC(=O)NC(=O)C1CC. The Morgan fingerprint density at radius 1 is 1.56 bits per heavy atom. The highest BCUT2D eigenvalue weighted by atomic mass is 16.2. The molecule has 0 aliphatic carbocycles. The number of guanidine groups is 1. The monoisotopic (exact) mass is 255 g/mol. The lowest BCUT2D eigenvalue weighted by Gasteiger charge is -2.35. The summed E-state index contributed by atoms with van der Waals surface area (Å²) in [6, 6.07) is -0.404. The molecule has 4 N–H and O–H groups in total. The quantitative estimate of drug-likeness (QED) is 0.155. The van der Waals surface area contributed by atoms with Gasteiger partial charge in [0.25, 0.3) is 0 Å². The maximum Gasteiger partial charge on any atom is 0.249 e. The third-order valence-corrected chi connectivity index (χ3v) is 2.82. The van der Waals surface area contributed by atoms with Crippen LogP contribution in [0.2, 0.25) is 0 Å². The zero-order valence-corrected chi connectivity index (χ0v) is 10.9. The normalized spacial score (nSPS) is 20.9. The number of hydrogen-bond donors (Lipinski definition) is 3. The maximum absolute atomic E-state index is 11.7. The van der Waals surface area contributed by atoms with E-state index < -0.39 is 6.04 Å². The number of amides is 2. The van der Waals surface area contributed by atoms with Gasteiger partial charge >= 0.3 is 0 Å². The Hall–Kier alpha value is -1.63. The molecule has 0 spiro atoms. The largest absolute Gasteiger partial charge is 0.321 e. The molecule has 18 heavy (non-hydrogen) atoms. The summed E-state index contributed by atoms with van der Waals surface area (Å²) in [7, 11) is 0. The molecular weight excluding hydrogens is 234 g/mol. The molecule has 1 heterocycles. The molecule has 1 aliphatic rings. The Balaban J connectivity index is 2.83. The fraction of sp³-hybridized carbons (Fsp3) is 0.727. The standard InChI is InChI=1S/C11H21N5O2/c1-3-5-6-13-11(15-12)16-7-9(17)14-10(18)8(16)4-2/h8H,3-7,12H2,1-2H3,(H,13,15)(H,14,17,18). The number of hydrogen-bond acceptors (Lipinski definition) is 4. The predicted molar refractivity (Wildman–Crippen MR) is 68.5 cm³/mol. The lowest BCUT2D eigenvalue weighted by molar-refractivity contribution is -0.137. The van der Waals surface area contributed by atoms with E-state index in [1.807, 2.05) is 6.92 Å². The van der Waals surface area contributed by atoms with Gasteiger partial charge in [0.05, 0.1) is 0 Å². The molecule has 1 unspecified atom stereocenters. The number of rotatable bonds is 4. The summed E-state index contributed by atoms with van der Waals surface area (Å²) < 4.78 is 0. The van der Waals surface area contributed by atoms with Gasteiger partial charge in [0, 0.05) is 6.54 Å². The third-order valence-electron chi connectivity index (χ3n) is 2.82. The molecule has 1 aliphatic heterocycles. The van der Waals surface area contributed by atoms with Gasteiger partial charge in [0.1, 0.15) is 12.6 Å². The van der Waals surface area contributed by atoms with Crippen LogP contribution in [0.4, 0.5) is 0 Å². The summed E-state index contributed by atoms with van der Waals surface area (Å²) >= 11 is 0. The number of carbonyl (C=O) groups is 2. The average molecular weight is 255 g/mol. The highest BCUT2D eigenvalue weighted by Crippen LogP contribution is 2.09. The molecule has 102 valence electrons. The van der Waals surface area contributed by atoms with Crippen molar-refractivity contribution in [3.63, 3.8) is 0 Å². The van der Waals surface area contributed by atoms with Crippen LogP contribution >= 0.6 is 0 Å². The van der Waals surface area contributed by atoms with Gasteiger partial charge in [-0.2, -0.15) is 0 Å². The second-order valence-electron chi connectivity index (χ2n) is 4.17. The molecule has 0 aromatic carbocycles. The zero-order chi connectivity index (χ0) is 13.5. The van der Waals surface area contributed by atoms with Crippen molar-refractivity contribution < 1.29 is 9.59 Å². The second-order valence-corrected chi connectivity index (χ2v) is 4.17. The number of aliphatic imine (C=N–C) groups is 1. The number of nitrogens with two attached hydrogens (primary N) is 1. The first-order valence-electron chi connectivity index (χ1n) is 6.25. The maximum atomic E-state index is 11.7. The molecule has 0 aromatic rings. The number of hydrazine groups is 1. The van der Waals surface area contributed by atoms with Crippen molar-refractivity contribution in [2.75, 3.05) is 13.1 Å². The summed E-state index contributed by atoms with van der Waals surface area (Å²) in [5, 5.41) is 2.31. The van der Waals surface area contributed by atoms with E-state index in [-0.39, 0.29) is 18.4 Å². The molecule has 0 aromatic heterocycles. The van der Waals surface area contributed by atoms with Gasteiger partial charge in [0.2, 0.25) is 17.8 Å². The fourth-order valence-corrected chi connectivity index (χ4v) is 1.86. The topological polar surface area (TPSA) is 99.8 Å². The number of nitrogens with zero attached hydrogens (tertiary/aromatic N) is 2. The van der Waals surface area contributed by atoms with E-state index >= 15 is 0 Å². The van der Waals surface area contributed by atoms with Gasteiger partial charge in [0.15, 0.2) is 0 Å². The fourth-order valence-electron chi connectivity index (χ4n) is 1.86. The molecule has 0 radical (unpaired) electrons. The van der Waals surface area contributed by atoms with Crippen molar-refractivity contribution in [2.45, 2.75) is 39.2 Å². The summed E-state index contributed by atoms with van der Waals surface area (Å²) in [4.78, 5) is 29.0. The van der Waals surface area contributed by atoms with E-state index in [0.29, 0.717) is 18.9 Å². The van der Waals surface area contributed by atoms with E-state index in [0.717, 1.165) is 12.8 Å². The number of carbonyl (C=O) groups excluding carboxylic acids is 2. The van der Waals surface area contributed by atoms with Crippen LogP contribution in [0.1, 0.15) is 33.1 Å². The van der Waals surface area contributed by atoms with Crippen molar-refractivity contribution in [3.8, 4) is 0 Å². The molecule has 1 fully saturated rings. The third kappa shape index (κ3) is 3.43. The first-order valence-corrected chi connectivity index (χ1v) is 6.25. The minimum absolute atomic E-state index is 0.0966. The first-order chi connectivity index (χ1) is 8.63. The lowest BCUT2D eigenvalue weighted by Crippen LogP contribution is -2.62. The van der Waals surface area contributed by atoms with Gasteiger partial charge in [-0.15, -0.1) is 0 Å². The summed E-state index contributed by atoms with van der Waals surface area (Å²) in [5.41, 5.74) is 2.48. The minimum atomic E-state index is -0.404. The van der Waals surface area contributed by atoms with Crippen LogP contribution in [0, 0.1) is 0 Å². The van der Waals surface area contributed by atoms with E-state index in [9.17, 15) is 9.59 Å². The molecule has 1 saturated heterocycles. The molecule has 7 heteroatoms. The van der Waals surface area contributed by atoms with E-state index in [1.165, 1.54) is 0 Å². The number of piperazine rings is 1. The Bertz CT molecular complexity index is 342. The first kappa shape index (κ1) is 14.4. The molecule has 0 bridgehead atoms. The molecule has 1 atom stereocenters. The summed E-state index contributed by atoms with van der Waals surface area (Å²) in [5.74, 6) is 5.20. The molecule has 1 rings (SSSR count). The van der Waals surface area contributed by atoms with Crippen molar-refractivity contribution in [1.29, 1.82) is 0 Å². The minimum Gasteiger partial charge on any atom is -0.321 e. The number of unbranched alkanes of at least 4 members (excludes halogenated alkanes) is 1. The Kier molecular flexibility index (Phi) is 5.57. The van der Waals surface area contributed by atoms with Gasteiger partial charge in [-0.1, -0.05) is 20.3 Å². The Morgan fingerprint density at radius 3 is 2.83 bits per heavy atom. The lowest BCUT2D eigenvalue weighted by atomic mass is 10.1. The van der Waals surface area contributed by atoms with Gasteiger partial charge in [-0.3, -0.25) is 25.3 Å². The smallest absolute Gasteiger partial charge is 0.249 e. The van der Waals surface area contributed by atoms with Crippen molar-refractivity contribution >= 4 is 17.8 Å². The van der Waals surface area contributed by atoms with Gasteiger partial charge < -0.3 is 4.90 Å². The Labute approximate surface area is 107 Å². The molecule has 0 saturated carbocycles. The van der Waals surface area contributed by atoms with Gasteiger partial charge in [-0.25, -0.2) is 5.84 Å². The molecule has 2 amide bonds. The second kappa shape index (κ2) is 6.95. The van der Waals surface area contributed by atoms with Crippen molar-refractivity contribution in [1.82, 2.24) is 15.6 Å². The highest BCUT2D eigenvalue weighted by Gasteiger charge is 2.34. The summed E-state index contributed by atoms with van der Waals surface area (Å²) in [6.07, 6.45) is 2.56. The molecule has 7 nitrogen and oxygen atoms in total. The van der Waals surface area contributed by atoms with Crippen molar-refractivity contribution in [3.05, 3.63) is 0 Å². The van der Waals surface area contributed by atoms with Crippen molar-refractivity contribution in [2.24, 2.45) is 10.8 Å². The zero-order valence-electron chi connectivity index (χ0n) is 10.9. The van der Waals surface area contributed by atoms with Crippen LogP contribution < -0.4 is 16.6 Å². The molecular formula is C11H21N5O2. The van der Waals surface area contributed by atoms with Crippen LogP contribution in [-0.2, 0) is 9.59 Å².